The van der Waals surface area contributed by atoms with E-state index >= 15 is 0 Å². The van der Waals surface area contributed by atoms with Crippen molar-refractivity contribution < 1.29 is 9.63 Å². The van der Waals surface area contributed by atoms with Crippen LogP contribution >= 0.6 is 0 Å². The quantitative estimate of drug-likeness (QED) is 0.374. The smallest absolute Gasteiger partial charge is 0.312 e. The summed E-state index contributed by atoms with van der Waals surface area (Å²) in [6, 6.07) is 0. The normalized spacial score (nSPS) is 16.9. The van der Waals surface area contributed by atoms with Crippen LogP contribution in [0.3, 0.4) is 0 Å². The largest absolute Gasteiger partial charge is 0.367 e. The van der Waals surface area contributed by atoms with Gasteiger partial charge < -0.3 is 4.84 Å². The molecule has 0 unspecified atom stereocenters. The first-order valence-electron chi connectivity index (χ1n) is 3.06. The Balaban J connectivity index is 3.07. The molecule has 0 atom stereocenters. The van der Waals surface area contributed by atoms with Gasteiger partial charge in [-0.25, -0.2) is 4.79 Å². The van der Waals surface area contributed by atoms with Crippen molar-refractivity contribution in [2.75, 3.05) is 0 Å². The Bertz CT molecular complexity index is 234. The van der Waals surface area contributed by atoms with E-state index in [1.54, 1.807) is 6.92 Å². The molecule has 1 aliphatic rings. The molecule has 3 heteroatoms. The van der Waals surface area contributed by atoms with E-state index in [0.717, 1.165) is 5.57 Å². The summed E-state index contributed by atoms with van der Waals surface area (Å²) in [6.45, 7) is 5.48. The number of oxime groups is 1. The van der Waals surface area contributed by atoms with Crippen molar-refractivity contribution in [1.82, 2.24) is 0 Å². The lowest BCUT2D eigenvalue weighted by Crippen LogP contribution is -2.03. The van der Waals surface area contributed by atoms with Crippen molar-refractivity contribution in [2.45, 2.75) is 20.8 Å². The first kappa shape index (κ1) is 6.99. The molecule has 0 saturated heterocycles. The van der Waals surface area contributed by atoms with Crippen LogP contribution in [0.25, 0.3) is 0 Å². The standard InChI is InChI=1S/C7H9NO2/c1-4(2)6-5(3)8-10-7(6)9/h1-3H3. The molecule has 0 fully saturated rings. The van der Waals surface area contributed by atoms with Crippen LogP contribution in [-0.2, 0) is 9.63 Å². The molecule has 0 amide bonds. The predicted molar refractivity (Wildman–Crippen MR) is 37.6 cm³/mol. The minimum absolute atomic E-state index is 0.336. The van der Waals surface area contributed by atoms with Crippen LogP contribution in [0.4, 0.5) is 0 Å². The highest BCUT2D eigenvalue weighted by Crippen LogP contribution is 2.14. The van der Waals surface area contributed by atoms with Gasteiger partial charge in [-0.1, -0.05) is 10.7 Å². The molecule has 0 saturated carbocycles. The molecular weight excluding hydrogens is 130 g/mol. The molecule has 0 bridgehead atoms. The Labute approximate surface area is 59.4 Å². The second-order valence-electron chi connectivity index (χ2n) is 2.43. The third-order valence-electron chi connectivity index (χ3n) is 1.33. The Morgan fingerprint density at radius 1 is 1.50 bits per heavy atom. The fourth-order valence-electron chi connectivity index (χ4n) is 0.915. The second kappa shape index (κ2) is 2.25. The fraction of sp³-hybridized carbons (Fsp3) is 0.429. The zero-order chi connectivity index (χ0) is 7.72. The van der Waals surface area contributed by atoms with Gasteiger partial charge in [0.2, 0.25) is 0 Å². The summed E-state index contributed by atoms with van der Waals surface area (Å²) in [5.74, 6) is -0.336. The van der Waals surface area contributed by atoms with E-state index in [0.29, 0.717) is 11.3 Å². The van der Waals surface area contributed by atoms with Gasteiger partial charge in [0.1, 0.15) is 0 Å². The molecule has 0 spiro atoms. The summed E-state index contributed by atoms with van der Waals surface area (Å²) in [7, 11) is 0. The number of allylic oxidation sites excluding steroid dienone is 1. The van der Waals surface area contributed by atoms with Crippen molar-refractivity contribution in [3.05, 3.63) is 11.1 Å². The predicted octanol–water partition coefficient (Wildman–Crippen LogP) is 1.26. The number of hydrogen-bond acceptors (Lipinski definition) is 3. The van der Waals surface area contributed by atoms with Crippen molar-refractivity contribution in [3.63, 3.8) is 0 Å². The Morgan fingerprint density at radius 3 is 2.30 bits per heavy atom. The van der Waals surface area contributed by atoms with Gasteiger partial charge in [-0.05, 0) is 20.8 Å². The molecule has 1 heterocycles. The molecule has 0 aromatic carbocycles. The zero-order valence-electron chi connectivity index (χ0n) is 6.26. The summed E-state index contributed by atoms with van der Waals surface area (Å²) in [6.07, 6.45) is 0. The molecule has 1 aliphatic heterocycles. The van der Waals surface area contributed by atoms with Crippen LogP contribution in [-0.4, -0.2) is 11.7 Å². The number of carbonyl (C=O) groups excluding carboxylic acids is 1. The maximum absolute atomic E-state index is 10.8. The fourth-order valence-corrected chi connectivity index (χ4v) is 0.915. The topological polar surface area (TPSA) is 38.7 Å². The average Bonchev–Trinajstić information content (AvgIpc) is 2.11. The maximum atomic E-state index is 10.8. The minimum atomic E-state index is -0.336. The highest BCUT2D eigenvalue weighted by Gasteiger charge is 2.22. The molecule has 0 radical (unpaired) electrons. The summed E-state index contributed by atoms with van der Waals surface area (Å²) in [5, 5.41) is 3.53. The zero-order valence-corrected chi connectivity index (χ0v) is 6.26. The lowest BCUT2D eigenvalue weighted by molar-refractivity contribution is -0.136. The van der Waals surface area contributed by atoms with Crippen LogP contribution in [0.5, 0.6) is 0 Å². The van der Waals surface area contributed by atoms with Gasteiger partial charge in [-0.2, -0.15) is 0 Å². The number of hydrogen-bond donors (Lipinski definition) is 0. The van der Waals surface area contributed by atoms with E-state index in [4.69, 9.17) is 0 Å². The van der Waals surface area contributed by atoms with Crippen LogP contribution in [0.1, 0.15) is 20.8 Å². The summed E-state index contributed by atoms with van der Waals surface area (Å²) in [5.41, 5.74) is 2.23. The molecule has 0 aromatic rings. The Kier molecular flexibility index (Phi) is 1.57. The molecule has 0 aromatic heterocycles. The minimum Gasteiger partial charge on any atom is -0.312 e. The van der Waals surface area contributed by atoms with Gasteiger partial charge in [0.25, 0.3) is 0 Å². The average molecular weight is 139 g/mol. The molecule has 0 N–H and O–H groups in total. The molecule has 0 aliphatic carbocycles. The Hall–Kier alpha value is -1.12. The van der Waals surface area contributed by atoms with Crippen molar-refractivity contribution in [2.24, 2.45) is 5.16 Å². The van der Waals surface area contributed by atoms with E-state index in [1.165, 1.54) is 0 Å². The molecule has 10 heavy (non-hydrogen) atoms. The van der Waals surface area contributed by atoms with E-state index in [-0.39, 0.29) is 5.97 Å². The molecule has 1 rings (SSSR count). The van der Waals surface area contributed by atoms with Gasteiger partial charge in [0, 0.05) is 0 Å². The van der Waals surface area contributed by atoms with Crippen LogP contribution in [0.15, 0.2) is 16.3 Å². The lowest BCUT2D eigenvalue weighted by atomic mass is 10.1. The first-order valence-corrected chi connectivity index (χ1v) is 3.06. The van der Waals surface area contributed by atoms with E-state index in [1.807, 2.05) is 13.8 Å². The van der Waals surface area contributed by atoms with E-state index in [9.17, 15) is 4.79 Å². The van der Waals surface area contributed by atoms with Gasteiger partial charge in [-0.15, -0.1) is 0 Å². The van der Waals surface area contributed by atoms with Crippen LogP contribution < -0.4 is 0 Å². The molecule has 3 nitrogen and oxygen atoms in total. The highest BCUT2D eigenvalue weighted by molar-refractivity contribution is 6.21. The highest BCUT2D eigenvalue weighted by atomic mass is 16.7. The number of nitrogens with zero attached hydrogens (tertiary/aromatic N) is 1. The van der Waals surface area contributed by atoms with E-state index < -0.39 is 0 Å². The van der Waals surface area contributed by atoms with Gasteiger partial charge >= 0.3 is 5.97 Å². The van der Waals surface area contributed by atoms with Gasteiger partial charge in [0.05, 0.1) is 11.3 Å². The number of carbonyl (C=O) groups is 1. The number of rotatable bonds is 0. The summed E-state index contributed by atoms with van der Waals surface area (Å²) < 4.78 is 0. The summed E-state index contributed by atoms with van der Waals surface area (Å²) in [4.78, 5) is 15.3. The van der Waals surface area contributed by atoms with Crippen molar-refractivity contribution in [3.8, 4) is 0 Å². The third kappa shape index (κ3) is 0.943. The Morgan fingerprint density at radius 2 is 2.10 bits per heavy atom. The monoisotopic (exact) mass is 139 g/mol. The van der Waals surface area contributed by atoms with Crippen molar-refractivity contribution >= 4 is 11.7 Å². The first-order chi connectivity index (χ1) is 4.63. The van der Waals surface area contributed by atoms with E-state index in [2.05, 4.69) is 9.99 Å². The van der Waals surface area contributed by atoms with Crippen molar-refractivity contribution in [1.29, 1.82) is 0 Å². The maximum Gasteiger partial charge on any atom is 0.367 e. The third-order valence-corrected chi connectivity index (χ3v) is 1.33. The second-order valence-corrected chi connectivity index (χ2v) is 2.43. The van der Waals surface area contributed by atoms with Crippen LogP contribution in [0, 0.1) is 0 Å². The van der Waals surface area contributed by atoms with Gasteiger partial charge in [-0.3, -0.25) is 0 Å². The van der Waals surface area contributed by atoms with Crippen LogP contribution in [0.2, 0.25) is 0 Å². The molecular formula is C7H9NO2. The SMILES string of the molecule is CC1=NOC(=O)C1=C(C)C. The summed E-state index contributed by atoms with van der Waals surface area (Å²) >= 11 is 0. The van der Waals surface area contributed by atoms with Gasteiger partial charge in [0.15, 0.2) is 0 Å². The molecule has 54 valence electrons. The lowest BCUT2D eigenvalue weighted by Gasteiger charge is -1.93.